The summed E-state index contributed by atoms with van der Waals surface area (Å²) in [5, 5.41) is 14.1. The third-order valence-corrected chi connectivity index (χ3v) is 3.38. The highest BCUT2D eigenvalue weighted by Crippen LogP contribution is 2.18. The summed E-state index contributed by atoms with van der Waals surface area (Å²) >= 11 is 0. The highest BCUT2D eigenvalue weighted by molar-refractivity contribution is 5.46. The maximum absolute atomic E-state index is 10.6. The molecule has 0 saturated carbocycles. The Morgan fingerprint density at radius 1 is 1.58 bits per heavy atom. The summed E-state index contributed by atoms with van der Waals surface area (Å²) in [6.45, 7) is 5.10. The molecule has 1 N–H and O–H groups in total. The summed E-state index contributed by atoms with van der Waals surface area (Å²) < 4.78 is 0. The average molecular weight is 264 g/mol. The van der Waals surface area contributed by atoms with E-state index in [1.54, 1.807) is 12.3 Å². The predicted octanol–water partition coefficient (Wildman–Crippen LogP) is 1.96. The number of anilines is 1. The molecule has 1 aliphatic heterocycles. The summed E-state index contributed by atoms with van der Waals surface area (Å²) in [5.41, 5.74) is 0.959. The van der Waals surface area contributed by atoms with E-state index in [1.807, 2.05) is 0 Å². The Morgan fingerprint density at radius 2 is 2.42 bits per heavy atom. The zero-order chi connectivity index (χ0) is 13.7. The maximum Gasteiger partial charge on any atom is 0.363 e. The molecule has 0 aromatic carbocycles. The van der Waals surface area contributed by atoms with Gasteiger partial charge in [-0.05, 0) is 41.8 Å². The van der Waals surface area contributed by atoms with E-state index in [9.17, 15) is 10.1 Å². The van der Waals surface area contributed by atoms with E-state index in [0.29, 0.717) is 6.04 Å². The molecule has 1 aliphatic rings. The van der Waals surface area contributed by atoms with Gasteiger partial charge < -0.3 is 20.3 Å². The van der Waals surface area contributed by atoms with Gasteiger partial charge in [-0.1, -0.05) is 6.92 Å². The quantitative estimate of drug-likeness (QED) is 0.628. The van der Waals surface area contributed by atoms with Gasteiger partial charge in [0.1, 0.15) is 0 Å². The van der Waals surface area contributed by atoms with Crippen molar-refractivity contribution in [3.63, 3.8) is 0 Å². The summed E-state index contributed by atoms with van der Waals surface area (Å²) in [7, 11) is 0. The fourth-order valence-electron chi connectivity index (χ4n) is 2.45. The molecule has 0 aliphatic carbocycles. The van der Waals surface area contributed by atoms with Crippen LogP contribution in [-0.2, 0) is 0 Å². The van der Waals surface area contributed by atoms with Gasteiger partial charge >= 0.3 is 5.82 Å². The molecular formula is C13H20N4O2. The smallest absolute Gasteiger partial charge is 0.363 e. The number of nitro groups is 1. The molecule has 2 rings (SSSR count). The van der Waals surface area contributed by atoms with E-state index in [-0.39, 0.29) is 5.82 Å². The molecular weight excluding hydrogens is 244 g/mol. The van der Waals surface area contributed by atoms with E-state index < -0.39 is 4.92 Å². The molecule has 104 valence electrons. The van der Waals surface area contributed by atoms with Crippen molar-refractivity contribution < 1.29 is 4.92 Å². The van der Waals surface area contributed by atoms with Gasteiger partial charge in [-0.3, -0.25) is 0 Å². The molecule has 1 unspecified atom stereocenters. The van der Waals surface area contributed by atoms with Crippen LogP contribution in [0, 0.1) is 10.1 Å². The normalized spacial score (nSPS) is 18.5. The lowest BCUT2D eigenvalue weighted by molar-refractivity contribution is -0.389. The summed E-state index contributed by atoms with van der Waals surface area (Å²) in [4.78, 5) is 16.3. The maximum atomic E-state index is 10.6. The molecule has 6 nitrogen and oxygen atoms in total. The Bertz CT molecular complexity index is 415. The van der Waals surface area contributed by atoms with Crippen LogP contribution in [0.15, 0.2) is 18.3 Å². The molecule has 0 bridgehead atoms. The third-order valence-electron chi connectivity index (χ3n) is 3.38. The van der Waals surface area contributed by atoms with Crippen LogP contribution in [-0.4, -0.2) is 35.6 Å². The number of pyridine rings is 1. The van der Waals surface area contributed by atoms with Crippen molar-refractivity contribution in [1.29, 1.82) is 0 Å². The van der Waals surface area contributed by atoms with Gasteiger partial charge in [-0.15, -0.1) is 0 Å². The first kappa shape index (κ1) is 13.7. The van der Waals surface area contributed by atoms with Crippen molar-refractivity contribution in [3.8, 4) is 0 Å². The first-order chi connectivity index (χ1) is 9.20. The van der Waals surface area contributed by atoms with Crippen molar-refractivity contribution in [2.24, 2.45) is 0 Å². The van der Waals surface area contributed by atoms with Gasteiger partial charge in [0.25, 0.3) is 0 Å². The molecule has 1 aromatic heterocycles. The topological polar surface area (TPSA) is 71.3 Å². The standard InChI is InChI=1S/C13H20N4O2/c1-2-8-16(10-11-4-3-7-14-11)12-5-6-13(15-9-12)17(18)19/h5-6,9,11,14H,2-4,7-8,10H2,1H3. The van der Waals surface area contributed by atoms with Gasteiger partial charge in [-0.25, -0.2) is 0 Å². The molecule has 0 radical (unpaired) electrons. The first-order valence-electron chi connectivity index (χ1n) is 6.79. The number of hydrogen-bond donors (Lipinski definition) is 1. The van der Waals surface area contributed by atoms with Gasteiger partial charge in [0.2, 0.25) is 0 Å². The van der Waals surface area contributed by atoms with E-state index in [4.69, 9.17) is 0 Å². The summed E-state index contributed by atoms with van der Waals surface area (Å²) in [6.07, 6.45) is 5.07. The summed E-state index contributed by atoms with van der Waals surface area (Å²) in [5.74, 6) is -0.0980. The van der Waals surface area contributed by atoms with E-state index >= 15 is 0 Å². The van der Waals surface area contributed by atoms with Crippen molar-refractivity contribution in [1.82, 2.24) is 10.3 Å². The van der Waals surface area contributed by atoms with E-state index in [0.717, 1.165) is 31.7 Å². The summed E-state index contributed by atoms with van der Waals surface area (Å²) in [6, 6.07) is 3.78. The third kappa shape index (κ3) is 3.64. The number of aromatic nitrogens is 1. The molecule has 2 heterocycles. The zero-order valence-corrected chi connectivity index (χ0v) is 11.2. The van der Waals surface area contributed by atoms with Crippen molar-refractivity contribution in [2.75, 3.05) is 24.5 Å². The Morgan fingerprint density at radius 3 is 2.95 bits per heavy atom. The second-order valence-corrected chi connectivity index (χ2v) is 4.87. The Labute approximate surface area is 113 Å². The number of nitrogens with zero attached hydrogens (tertiary/aromatic N) is 3. The second-order valence-electron chi connectivity index (χ2n) is 4.87. The number of nitrogens with one attached hydrogen (secondary N) is 1. The van der Waals surface area contributed by atoms with Crippen LogP contribution in [0.5, 0.6) is 0 Å². The molecule has 1 aromatic rings. The van der Waals surface area contributed by atoms with Gasteiger partial charge in [0.05, 0.1) is 5.69 Å². The minimum atomic E-state index is -0.466. The highest BCUT2D eigenvalue weighted by atomic mass is 16.6. The molecule has 1 atom stereocenters. The van der Waals surface area contributed by atoms with Crippen LogP contribution in [0.4, 0.5) is 11.5 Å². The predicted molar refractivity (Wildman–Crippen MR) is 74.4 cm³/mol. The van der Waals surface area contributed by atoms with Gasteiger partial charge in [0.15, 0.2) is 6.20 Å². The minimum absolute atomic E-state index is 0.0980. The minimum Gasteiger partial charge on any atom is -0.367 e. The lowest BCUT2D eigenvalue weighted by Crippen LogP contribution is -2.38. The van der Waals surface area contributed by atoms with Gasteiger partial charge in [-0.2, -0.15) is 0 Å². The van der Waals surface area contributed by atoms with Crippen molar-refractivity contribution in [2.45, 2.75) is 32.2 Å². The lowest BCUT2D eigenvalue weighted by atomic mass is 10.2. The van der Waals surface area contributed by atoms with Crippen LogP contribution in [0.25, 0.3) is 0 Å². The van der Waals surface area contributed by atoms with Gasteiger partial charge in [0, 0.05) is 25.2 Å². The van der Waals surface area contributed by atoms with Crippen LogP contribution in [0.3, 0.4) is 0 Å². The van der Waals surface area contributed by atoms with Crippen molar-refractivity contribution in [3.05, 3.63) is 28.4 Å². The number of hydrogen-bond acceptors (Lipinski definition) is 5. The van der Waals surface area contributed by atoms with Crippen LogP contribution < -0.4 is 10.2 Å². The second kappa shape index (κ2) is 6.47. The number of rotatable bonds is 6. The average Bonchev–Trinajstić information content (AvgIpc) is 2.91. The zero-order valence-electron chi connectivity index (χ0n) is 11.2. The Hall–Kier alpha value is -1.69. The Kier molecular flexibility index (Phi) is 4.68. The fourth-order valence-corrected chi connectivity index (χ4v) is 2.45. The lowest BCUT2D eigenvalue weighted by Gasteiger charge is -2.26. The monoisotopic (exact) mass is 264 g/mol. The molecule has 0 spiro atoms. The van der Waals surface area contributed by atoms with Crippen molar-refractivity contribution >= 4 is 11.5 Å². The largest absolute Gasteiger partial charge is 0.367 e. The van der Waals surface area contributed by atoms with E-state index in [2.05, 4.69) is 22.1 Å². The molecule has 1 fully saturated rings. The molecule has 0 amide bonds. The van der Waals surface area contributed by atoms with Crippen LogP contribution in [0.2, 0.25) is 0 Å². The first-order valence-corrected chi connectivity index (χ1v) is 6.79. The molecule has 1 saturated heterocycles. The fraction of sp³-hybridized carbons (Fsp3) is 0.615. The van der Waals surface area contributed by atoms with E-state index in [1.165, 1.54) is 18.9 Å². The molecule has 6 heteroatoms. The Balaban J connectivity index is 2.06. The van der Waals surface area contributed by atoms with Crippen LogP contribution in [0.1, 0.15) is 26.2 Å². The molecule has 19 heavy (non-hydrogen) atoms. The highest BCUT2D eigenvalue weighted by Gasteiger charge is 2.19. The van der Waals surface area contributed by atoms with Crippen LogP contribution >= 0.6 is 0 Å². The SMILES string of the molecule is CCCN(CC1CCCN1)c1ccc([N+](=O)[O-])nc1.